The van der Waals surface area contributed by atoms with Gasteiger partial charge in [-0.05, 0) is 18.9 Å². The highest BCUT2D eigenvalue weighted by Gasteiger charge is 2.11. The minimum atomic E-state index is -0.965. The van der Waals surface area contributed by atoms with Crippen molar-refractivity contribution in [3.05, 3.63) is 23.7 Å². The van der Waals surface area contributed by atoms with E-state index in [1.807, 2.05) is 0 Å². The first kappa shape index (κ1) is 9.80. The fraction of sp³-hybridized carbons (Fsp3) is 0.444. The molecule has 0 unspecified atom stereocenters. The average Bonchev–Trinajstić information content (AvgIpc) is 2.53. The molecule has 0 aliphatic rings. The third-order valence-corrected chi connectivity index (χ3v) is 1.79. The van der Waals surface area contributed by atoms with Crippen molar-refractivity contribution < 1.29 is 19.4 Å². The largest absolute Gasteiger partial charge is 0.478 e. The van der Waals surface area contributed by atoms with E-state index in [0.29, 0.717) is 18.6 Å². The van der Waals surface area contributed by atoms with Crippen LogP contribution in [0.2, 0.25) is 0 Å². The van der Waals surface area contributed by atoms with Crippen molar-refractivity contribution in [2.24, 2.45) is 0 Å². The second-order valence-corrected chi connectivity index (χ2v) is 2.74. The highest BCUT2D eigenvalue weighted by atomic mass is 16.4. The summed E-state index contributed by atoms with van der Waals surface area (Å²) in [5.74, 6) is -0.478. The Bertz CT molecular complexity index is 277. The molecule has 0 aromatic carbocycles. The second-order valence-electron chi connectivity index (χ2n) is 2.74. The summed E-state index contributed by atoms with van der Waals surface area (Å²) in [5, 5.41) is 17.2. The van der Waals surface area contributed by atoms with Gasteiger partial charge in [0.05, 0.1) is 6.26 Å². The number of rotatable bonds is 5. The lowest BCUT2D eigenvalue weighted by Crippen LogP contribution is -1.99. The van der Waals surface area contributed by atoms with Crippen LogP contribution in [0, 0.1) is 0 Å². The Morgan fingerprint density at radius 1 is 1.46 bits per heavy atom. The smallest absolute Gasteiger partial charge is 0.339 e. The zero-order valence-electron chi connectivity index (χ0n) is 7.19. The van der Waals surface area contributed by atoms with Crippen molar-refractivity contribution in [3.8, 4) is 0 Å². The van der Waals surface area contributed by atoms with E-state index >= 15 is 0 Å². The van der Waals surface area contributed by atoms with Gasteiger partial charge in [-0.1, -0.05) is 0 Å². The minimum Gasteiger partial charge on any atom is -0.478 e. The van der Waals surface area contributed by atoms with Gasteiger partial charge in [-0.15, -0.1) is 0 Å². The highest BCUT2D eigenvalue weighted by molar-refractivity contribution is 5.88. The number of carbonyl (C=O) groups is 1. The molecule has 0 amide bonds. The molecule has 0 radical (unpaired) electrons. The summed E-state index contributed by atoms with van der Waals surface area (Å²) in [5.41, 5.74) is 0.220. The molecule has 13 heavy (non-hydrogen) atoms. The number of aryl methyl sites for hydroxylation is 1. The molecular weight excluding hydrogens is 172 g/mol. The number of aliphatic hydroxyl groups excluding tert-OH is 1. The van der Waals surface area contributed by atoms with Gasteiger partial charge >= 0.3 is 5.97 Å². The molecule has 0 saturated carbocycles. The van der Waals surface area contributed by atoms with Crippen LogP contribution in [0.15, 0.2) is 16.7 Å². The van der Waals surface area contributed by atoms with Crippen LogP contribution in [-0.4, -0.2) is 22.8 Å². The van der Waals surface area contributed by atoms with Gasteiger partial charge in [-0.2, -0.15) is 0 Å². The Hall–Kier alpha value is -1.29. The molecule has 0 saturated heterocycles. The molecule has 0 spiro atoms. The van der Waals surface area contributed by atoms with E-state index in [9.17, 15) is 4.79 Å². The van der Waals surface area contributed by atoms with E-state index < -0.39 is 5.97 Å². The molecule has 0 aliphatic heterocycles. The molecule has 0 fully saturated rings. The van der Waals surface area contributed by atoms with Gasteiger partial charge in [-0.3, -0.25) is 0 Å². The highest BCUT2D eigenvalue weighted by Crippen LogP contribution is 2.13. The van der Waals surface area contributed by atoms with Gasteiger partial charge in [0.1, 0.15) is 11.3 Å². The van der Waals surface area contributed by atoms with Crippen molar-refractivity contribution >= 4 is 5.97 Å². The third-order valence-electron chi connectivity index (χ3n) is 1.79. The summed E-state index contributed by atoms with van der Waals surface area (Å²) in [4.78, 5) is 10.6. The predicted molar refractivity (Wildman–Crippen MR) is 45.7 cm³/mol. The topological polar surface area (TPSA) is 70.7 Å². The van der Waals surface area contributed by atoms with Crippen LogP contribution in [-0.2, 0) is 6.42 Å². The summed E-state index contributed by atoms with van der Waals surface area (Å²) in [6.07, 6.45) is 3.34. The average molecular weight is 184 g/mol. The fourth-order valence-corrected chi connectivity index (χ4v) is 1.12. The molecule has 2 N–H and O–H groups in total. The number of carboxylic acid groups (broad SMARTS) is 1. The quantitative estimate of drug-likeness (QED) is 0.676. The molecule has 1 heterocycles. The first-order valence-corrected chi connectivity index (χ1v) is 4.16. The Morgan fingerprint density at radius 2 is 2.23 bits per heavy atom. The number of furan rings is 1. The van der Waals surface area contributed by atoms with Crippen LogP contribution in [0.4, 0.5) is 0 Å². The summed E-state index contributed by atoms with van der Waals surface area (Å²) in [6.45, 7) is 0.128. The van der Waals surface area contributed by atoms with Gasteiger partial charge in [-0.25, -0.2) is 4.79 Å². The van der Waals surface area contributed by atoms with E-state index in [2.05, 4.69) is 0 Å². The van der Waals surface area contributed by atoms with Gasteiger partial charge in [0.15, 0.2) is 0 Å². The normalized spacial score (nSPS) is 10.2. The van der Waals surface area contributed by atoms with Crippen molar-refractivity contribution in [3.63, 3.8) is 0 Å². The van der Waals surface area contributed by atoms with Crippen LogP contribution in [0.3, 0.4) is 0 Å². The Balaban J connectivity index is 2.55. The molecule has 0 aliphatic carbocycles. The first-order chi connectivity index (χ1) is 6.25. The molecule has 1 aromatic rings. The number of unbranched alkanes of at least 4 members (excludes halogenated alkanes) is 1. The lowest BCUT2D eigenvalue weighted by Gasteiger charge is -1.97. The predicted octanol–water partition coefficient (Wildman–Crippen LogP) is 1.29. The molecule has 4 nitrogen and oxygen atoms in total. The lowest BCUT2D eigenvalue weighted by molar-refractivity contribution is 0.0694. The standard InChI is InChI=1S/C9H12O4/c10-5-2-1-3-8-7(9(11)12)4-6-13-8/h4,6,10H,1-3,5H2,(H,11,12). The van der Waals surface area contributed by atoms with Crippen molar-refractivity contribution in [1.29, 1.82) is 0 Å². The van der Waals surface area contributed by atoms with Crippen LogP contribution in [0.25, 0.3) is 0 Å². The monoisotopic (exact) mass is 184 g/mol. The molecule has 0 atom stereocenters. The maximum absolute atomic E-state index is 10.6. The van der Waals surface area contributed by atoms with E-state index in [4.69, 9.17) is 14.6 Å². The third kappa shape index (κ3) is 2.59. The number of aromatic carboxylic acids is 1. The minimum absolute atomic E-state index is 0.128. The number of aliphatic hydroxyl groups is 1. The molecule has 1 aromatic heterocycles. The Morgan fingerprint density at radius 3 is 2.85 bits per heavy atom. The van der Waals surface area contributed by atoms with E-state index in [-0.39, 0.29) is 12.2 Å². The first-order valence-electron chi connectivity index (χ1n) is 4.16. The Labute approximate surface area is 75.8 Å². The number of carboxylic acids is 1. The van der Waals surface area contributed by atoms with Gasteiger partial charge in [0.25, 0.3) is 0 Å². The van der Waals surface area contributed by atoms with Crippen LogP contribution in [0.5, 0.6) is 0 Å². The molecule has 0 bridgehead atoms. The molecular formula is C9H12O4. The maximum atomic E-state index is 10.6. The van der Waals surface area contributed by atoms with Gasteiger partial charge in [0.2, 0.25) is 0 Å². The van der Waals surface area contributed by atoms with E-state index in [1.54, 1.807) is 0 Å². The summed E-state index contributed by atoms with van der Waals surface area (Å²) in [6, 6.07) is 1.44. The lowest BCUT2D eigenvalue weighted by atomic mass is 10.1. The molecule has 4 heteroatoms. The molecule has 1 rings (SSSR count). The Kier molecular flexibility index (Phi) is 3.52. The summed E-state index contributed by atoms with van der Waals surface area (Å²) >= 11 is 0. The summed E-state index contributed by atoms with van der Waals surface area (Å²) < 4.78 is 5.01. The fourth-order valence-electron chi connectivity index (χ4n) is 1.12. The number of hydrogen-bond donors (Lipinski definition) is 2. The van der Waals surface area contributed by atoms with Gasteiger partial charge in [0, 0.05) is 13.0 Å². The zero-order chi connectivity index (χ0) is 9.68. The van der Waals surface area contributed by atoms with E-state index in [1.165, 1.54) is 12.3 Å². The van der Waals surface area contributed by atoms with Crippen LogP contribution >= 0.6 is 0 Å². The SMILES string of the molecule is O=C(O)c1ccoc1CCCCO. The van der Waals surface area contributed by atoms with Crippen molar-refractivity contribution in [2.45, 2.75) is 19.3 Å². The van der Waals surface area contributed by atoms with Crippen LogP contribution in [0.1, 0.15) is 29.0 Å². The van der Waals surface area contributed by atoms with Gasteiger partial charge < -0.3 is 14.6 Å². The zero-order valence-corrected chi connectivity index (χ0v) is 7.19. The van der Waals surface area contributed by atoms with Crippen molar-refractivity contribution in [1.82, 2.24) is 0 Å². The van der Waals surface area contributed by atoms with Crippen LogP contribution < -0.4 is 0 Å². The van der Waals surface area contributed by atoms with Crippen molar-refractivity contribution in [2.75, 3.05) is 6.61 Å². The maximum Gasteiger partial charge on any atom is 0.339 e. The number of hydrogen-bond acceptors (Lipinski definition) is 3. The second kappa shape index (κ2) is 4.67. The summed E-state index contributed by atoms with van der Waals surface area (Å²) in [7, 11) is 0. The van der Waals surface area contributed by atoms with E-state index in [0.717, 1.165) is 6.42 Å². The molecule has 72 valence electrons.